The summed E-state index contributed by atoms with van der Waals surface area (Å²) in [6.07, 6.45) is 6.42. The molecular weight excluding hydrogens is 450 g/mol. The van der Waals surface area contributed by atoms with E-state index in [1.807, 2.05) is 14.0 Å². The molecule has 1 saturated carbocycles. The molecule has 2 aliphatic carbocycles. The summed E-state index contributed by atoms with van der Waals surface area (Å²) in [6.45, 7) is 11.5. The monoisotopic (exact) mass is 491 g/mol. The summed E-state index contributed by atoms with van der Waals surface area (Å²) < 4.78 is 5.48. The second-order valence-corrected chi connectivity index (χ2v) is 10.8. The molecule has 0 bridgehead atoms. The summed E-state index contributed by atoms with van der Waals surface area (Å²) in [7, 11) is 1.89. The number of hydrogen-bond donors (Lipinski definition) is 1. The number of benzene rings is 1. The van der Waals surface area contributed by atoms with Crippen LogP contribution in [-0.2, 0) is 28.8 Å². The Labute approximate surface area is 215 Å². The molecule has 3 unspecified atom stereocenters. The smallest absolute Gasteiger partial charge is 0.243 e. The number of aromatic amines is 1. The molecule has 194 valence electrons. The minimum Gasteiger partial charge on any atom is -0.379 e. The summed E-state index contributed by atoms with van der Waals surface area (Å²) in [6, 6.07) is 4.06. The molecule has 1 saturated heterocycles. The number of carbonyl (C=O) groups is 1. The predicted octanol–water partition coefficient (Wildman–Crippen LogP) is 4.62. The molecule has 2 fully saturated rings. The van der Waals surface area contributed by atoms with Gasteiger partial charge in [0.05, 0.1) is 30.7 Å². The third kappa shape index (κ3) is 4.88. The van der Waals surface area contributed by atoms with Crippen LogP contribution in [0, 0.1) is 18.8 Å². The van der Waals surface area contributed by atoms with Crippen LogP contribution in [-0.4, -0.2) is 66.1 Å². The number of likely N-dealkylation sites (N-methyl/N-ethyl adjacent to an activating group) is 1. The third-order valence-electron chi connectivity index (χ3n) is 8.49. The molecule has 1 N–H and O–H groups in total. The van der Waals surface area contributed by atoms with E-state index in [0.29, 0.717) is 13.2 Å². The quantitative estimate of drug-likeness (QED) is 0.547. The number of nitrogens with one attached hydrogen (secondary N) is 1. The molecule has 1 aromatic heterocycles. The van der Waals surface area contributed by atoms with E-state index in [-0.39, 0.29) is 11.9 Å². The Morgan fingerprint density at radius 3 is 2.72 bits per heavy atom. The summed E-state index contributed by atoms with van der Waals surface area (Å²) in [5, 5.41) is 8.10. The Balaban J connectivity index is 1.47. The van der Waals surface area contributed by atoms with E-state index in [4.69, 9.17) is 14.8 Å². The first-order valence-corrected chi connectivity index (χ1v) is 13.8. The van der Waals surface area contributed by atoms with Crippen LogP contribution in [0.2, 0.25) is 0 Å². The highest BCUT2D eigenvalue weighted by Crippen LogP contribution is 2.48. The van der Waals surface area contributed by atoms with Crippen molar-refractivity contribution in [3.8, 4) is 0 Å². The van der Waals surface area contributed by atoms with Crippen molar-refractivity contribution in [3.63, 3.8) is 0 Å². The van der Waals surface area contributed by atoms with Crippen LogP contribution in [0.5, 0.6) is 0 Å². The van der Waals surface area contributed by atoms with Gasteiger partial charge in [0.1, 0.15) is 5.69 Å². The van der Waals surface area contributed by atoms with Crippen LogP contribution >= 0.6 is 0 Å². The van der Waals surface area contributed by atoms with Crippen LogP contribution < -0.4 is 4.90 Å². The summed E-state index contributed by atoms with van der Waals surface area (Å²) in [5.74, 6) is 1.80. The number of hydrogen-bond acceptors (Lipinski definition) is 5. The zero-order valence-corrected chi connectivity index (χ0v) is 22.6. The van der Waals surface area contributed by atoms with Gasteiger partial charge in [-0.1, -0.05) is 20.3 Å². The van der Waals surface area contributed by atoms with Crippen molar-refractivity contribution in [2.45, 2.75) is 72.3 Å². The van der Waals surface area contributed by atoms with Crippen LogP contribution in [0.15, 0.2) is 17.1 Å². The number of aliphatic imine (C=N–C) groups is 1. The molecule has 2 aromatic rings. The van der Waals surface area contributed by atoms with Gasteiger partial charge in [-0.3, -0.25) is 19.8 Å². The number of morpholine rings is 1. The van der Waals surface area contributed by atoms with Gasteiger partial charge in [0, 0.05) is 37.1 Å². The first-order valence-electron chi connectivity index (χ1n) is 13.8. The molecule has 0 spiro atoms. The Morgan fingerprint density at radius 2 is 2.00 bits per heavy atom. The average Bonchev–Trinajstić information content (AvgIpc) is 3.55. The largest absolute Gasteiger partial charge is 0.379 e. The zero-order valence-electron chi connectivity index (χ0n) is 22.6. The summed E-state index contributed by atoms with van der Waals surface area (Å²) >= 11 is 0. The van der Waals surface area contributed by atoms with Crippen molar-refractivity contribution in [3.05, 3.63) is 40.2 Å². The molecule has 0 radical (unpaired) electrons. The fourth-order valence-electron chi connectivity index (χ4n) is 5.92. The van der Waals surface area contributed by atoms with Crippen molar-refractivity contribution >= 4 is 23.0 Å². The number of rotatable bonds is 8. The first-order chi connectivity index (χ1) is 17.4. The lowest BCUT2D eigenvalue weighted by molar-refractivity contribution is -0.124. The third-order valence-corrected chi connectivity index (χ3v) is 8.49. The van der Waals surface area contributed by atoms with Crippen molar-refractivity contribution in [2.24, 2.45) is 16.8 Å². The van der Waals surface area contributed by atoms with Gasteiger partial charge >= 0.3 is 0 Å². The highest BCUT2D eigenvalue weighted by molar-refractivity contribution is 6.02. The standard InChI is InChI=1S/C29H41N5O2/c1-6-8-25(28-24-15-21-13-22(21)16-27(24)31-32-28)30-26-17-23(14-20(7-2)18(26)3)33(5)29(35)19(4)34-9-11-36-12-10-34/h14,17,19,21-22H,6-13,15-16H2,1-5H3,(H,31,32). The molecule has 1 amide bonds. The zero-order chi connectivity index (χ0) is 25.4. The normalized spacial score (nSPS) is 22.6. The van der Waals surface area contributed by atoms with Crippen LogP contribution in [0.3, 0.4) is 0 Å². The highest BCUT2D eigenvalue weighted by atomic mass is 16.5. The number of carbonyl (C=O) groups excluding carboxylic acids is 1. The van der Waals surface area contributed by atoms with Crippen LogP contribution in [0.4, 0.5) is 11.4 Å². The Kier molecular flexibility index (Phi) is 7.31. The molecule has 36 heavy (non-hydrogen) atoms. The number of H-pyrrole nitrogens is 1. The number of ether oxygens (including phenoxy) is 1. The van der Waals surface area contributed by atoms with E-state index < -0.39 is 0 Å². The molecule has 7 heteroatoms. The molecule has 1 aromatic carbocycles. The molecular formula is C29H41N5O2. The van der Waals surface area contributed by atoms with Gasteiger partial charge in [0.2, 0.25) is 5.91 Å². The number of anilines is 1. The van der Waals surface area contributed by atoms with Gasteiger partial charge in [0.15, 0.2) is 0 Å². The van der Waals surface area contributed by atoms with E-state index >= 15 is 0 Å². The number of nitrogens with zero attached hydrogens (tertiary/aromatic N) is 4. The number of fused-ring (bicyclic) bond motifs is 2. The van der Waals surface area contributed by atoms with Crippen LogP contribution in [0.25, 0.3) is 0 Å². The SMILES string of the molecule is CCCC(=Nc1cc(N(C)C(=O)C(C)N2CCOCC2)cc(CC)c1C)c1n[nH]c2c1CC1CC1C2. The van der Waals surface area contributed by atoms with Crippen molar-refractivity contribution in [1.29, 1.82) is 0 Å². The maximum Gasteiger partial charge on any atom is 0.243 e. The fraction of sp³-hybridized carbons (Fsp3) is 0.621. The van der Waals surface area contributed by atoms with E-state index in [0.717, 1.165) is 79.8 Å². The highest BCUT2D eigenvalue weighted by Gasteiger charge is 2.43. The van der Waals surface area contributed by atoms with Crippen molar-refractivity contribution < 1.29 is 9.53 Å². The number of amides is 1. The number of aryl methyl sites for hydroxylation is 1. The predicted molar refractivity (Wildman–Crippen MR) is 145 cm³/mol. The molecule has 3 aliphatic rings. The summed E-state index contributed by atoms with van der Waals surface area (Å²) in [5.41, 5.74) is 9.09. The maximum atomic E-state index is 13.4. The van der Waals surface area contributed by atoms with Gasteiger partial charge in [-0.15, -0.1) is 0 Å². The second-order valence-electron chi connectivity index (χ2n) is 10.8. The first kappa shape index (κ1) is 25.2. The molecule has 1 aliphatic heterocycles. The van der Waals surface area contributed by atoms with Crippen molar-refractivity contribution in [1.82, 2.24) is 15.1 Å². The fourth-order valence-corrected chi connectivity index (χ4v) is 5.92. The minimum absolute atomic E-state index is 0.104. The van der Waals surface area contributed by atoms with Gasteiger partial charge < -0.3 is 9.64 Å². The number of aromatic nitrogens is 2. The topological polar surface area (TPSA) is 73.8 Å². The van der Waals surface area contributed by atoms with Gasteiger partial charge in [-0.05, 0) is 81.0 Å². The Morgan fingerprint density at radius 1 is 1.25 bits per heavy atom. The average molecular weight is 492 g/mol. The Bertz CT molecular complexity index is 1150. The van der Waals surface area contributed by atoms with E-state index in [9.17, 15) is 4.79 Å². The lowest BCUT2D eigenvalue weighted by Gasteiger charge is -2.33. The lowest BCUT2D eigenvalue weighted by atomic mass is 9.93. The van der Waals surface area contributed by atoms with Gasteiger partial charge in [-0.2, -0.15) is 5.10 Å². The molecule has 2 heterocycles. The molecule has 7 nitrogen and oxygen atoms in total. The Hall–Kier alpha value is -2.51. The van der Waals surface area contributed by atoms with E-state index in [1.54, 1.807) is 4.90 Å². The molecule has 5 rings (SSSR count). The second kappa shape index (κ2) is 10.5. The lowest BCUT2D eigenvalue weighted by Crippen LogP contribution is -2.50. The summed E-state index contributed by atoms with van der Waals surface area (Å²) in [4.78, 5) is 22.7. The van der Waals surface area contributed by atoms with E-state index in [1.165, 1.54) is 28.8 Å². The minimum atomic E-state index is -0.185. The van der Waals surface area contributed by atoms with Crippen LogP contribution in [0.1, 0.15) is 68.1 Å². The maximum absolute atomic E-state index is 13.4. The van der Waals surface area contributed by atoms with Gasteiger partial charge in [-0.25, -0.2) is 0 Å². The molecule has 3 atom stereocenters. The van der Waals surface area contributed by atoms with Gasteiger partial charge in [0.25, 0.3) is 0 Å². The van der Waals surface area contributed by atoms with Crippen molar-refractivity contribution in [2.75, 3.05) is 38.3 Å². The van der Waals surface area contributed by atoms with E-state index in [2.05, 4.69) is 42.9 Å².